The van der Waals surface area contributed by atoms with Gasteiger partial charge in [-0.1, -0.05) is 12.1 Å². The minimum Gasteiger partial charge on any atom is -0.356 e. The first-order chi connectivity index (χ1) is 8.67. The van der Waals surface area contributed by atoms with Gasteiger partial charge in [-0.15, -0.1) is 0 Å². The Kier molecular flexibility index (Phi) is 6.27. The molecule has 1 aromatic carbocycles. The number of nitrogens with one attached hydrogen (secondary N) is 1. The fraction of sp³-hybridized carbons (Fsp3) is 0.500. The average Bonchev–Trinajstić information content (AvgIpc) is 2.39. The normalized spacial score (nSPS) is 10.8. The van der Waals surface area contributed by atoms with Gasteiger partial charge in [0.1, 0.15) is 0 Å². The zero-order chi connectivity index (χ0) is 13.4. The Hall–Kier alpha value is -1.50. The summed E-state index contributed by atoms with van der Waals surface area (Å²) < 4.78 is 10.1. The molecule has 100 valence electrons. The predicted octanol–water partition coefficient (Wildman–Crippen LogP) is 1.69. The molecule has 0 aliphatic rings. The Balaban J connectivity index is 2.29. The van der Waals surface area contributed by atoms with E-state index in [1.54, 1.807) is 26.4 Å². The maximum Gasteiger partial charge on any atom is 0.269 e. The first-order valence-electron chi connectivity index (χ1n) is 5.67. The van der Waals surface area contributed by atoms with Crippen LogP contribution in [0.5, 0.6) is 0 Å². The summed E-state index contributed by atoms with van der Waals surface area (Å²) in [5.74, 6) is 0. The lowest BCUT2D eigenvalue weighted by atomic mass is 10.2. The third-order valence-electron chi connectivity index (χ3n) is 2.56. The lowest BCUT2D eigenvalue weighted by molar-refractivity contribution is -0.384. The van der Waals surface area contributed by atoms with Gasteiger partial charge in [-0.3, -0.25) is 10.1 Å². The maximum absolute atomic E-state index is 10.5. The molecule has 0 saturated heterocycles. The molecule has 6 heteroatoms. The summed E-state index contributed by atoms with van der Waals surface area (Å²) in [6.45, 7) is 1.42. The van der Waals surface area contributed by atoms with Gasteiger partial charge in [0.05, 0.1) is 4.92 Å². The summed E-state index contributed by atoms with van der Waals surface area (Å²) in [6.07, 6.45) is 0.550. The highest BCUT2D eigenvalue weighted by Gasteiger charge is 2.05. The van der Waals surface area contributed by atoms with E-state index >= 15 is 0 Å². The van der Waals surface area contributed by atoms with E-state index < -0.39 is 4.92 Å². The molecule has 0 aliphatic heterocycles. The van der Waals surface area contributed by atoms with Crippen molar-refractivity contribution in [2.45, 2.75) is 19.3 Å². The smallest absolute Gasteiger partial charge is 0.269 e. The number of rotatable bonds is 8. The lowest BCUT2D eigenvalue weighted by Gasteiger charge is -2.13. The number of methoxy groups -OCH3 is 2. The highest BCUT2D eigenvalue weighted by molar-refractivity contribution is 5.32. The van der Waals surface area contributed by atoms with Crippen LogP contribution >= 0.6 is 0 Å². The molecule has 0 aromatic heterocycles. The van der Waals surface area contributed by atoms with Crippen molar-refractivity contribution in [1.82, 2.24) is 5.32 Å². The number of ether oxygens (including phenoxy) is 2. The molecule has 6 nitrogen and oxygen atoms in total. The fourth-order valence-corrected chi connectivity index (χ4v) is 1.52. The van der Waals surface area contributed by atoms with Crippen molar-refractivity contribution >= 4 is 5.69 Å². The van der Waals surface area contributed by atoms with Crippen LogP contribution in [0.15, 0.2) is 24.3 Å². The van der Waals surface area contributed by atoms with Gasteiger partial charge < -0.3 is 14.8 Å². The van der Waals surface area contributed by atoms with E-state index in [0.717, 1.165) is 18.5 Å². The van der Waals surface area contributed by atoms with Crippen molar-refractivity contribution in [2.75, 3.05) is 20.8 Å². The van der Waals surface area contributed by atoms with Crippen LogP contribution in [-0.4, -0.2) is 32.0 Å². The van der Waals surface area contributed by atoms with Crippen LogP contribution in [0.3, 0.4) is 0 Å². The molecule has 1 N–H and O–H groups in total. The molecule has 1 rings (SSSR count). The number of nitro benzene ring substituents is 1. The Labute approximate surface area is 106 Å². The second kappa shape index (κ2) is 7.75. The van der Waals surface area contributed by atoms with Crippen LogP contribution in [0.4, 0.5) is 5.69 Å². The molecule has 0 saturated carbocycles. The second-order valence-electron chi connectivity index (χ2n) is 3.79. The van der Waals surface area contributed by atoms with E-state index in [1.165, 1.54) is 12.1 Å². The van der Waals surface area contributed by atoms with Crippen LogP contribution in [0.2, 0.25) is 0 Å². The molecule has 0 heterocycles. The number of benzene rings is 1. The lowest BCUT2D eigenvalue weighted by Crippen LogP contribution is -2.22. The van der Waals surface area contributed by atoms with Crippen LogP contribution in [0, 0.1) is 10.1 Å². The minimum absolute atomic E-state index is 0.109. The summed E-state index contributed by atoms with van der Waals surface area (Å²) in [6, 6.07) is 6.50. The van der Waals surface area contributed by atoms with Crippen molar-refractivity contribution in [3.8, 4) is 0 Å². The van der Waals surface area contributed by atoms with Gasteiger partial charge in [0.2, 0.25) is 0 Å². The zero-order valence-corrected chi connectivity index (χ0v) is 10.6. The van der Waals surface area contributed by atoms with Gasteiger partial charge in [-0.2, -0.15) is 0 Å². The van der Waals surface area contributed by atoms with Crippen molar-refractivity contribution in [2.24, 2.45) is 0 Å². The van der Waals surface area contributed by atoms with E-state index in [2.05, 4.69) is 5.32 Å². The van der Waals surface area contributed by atoms with Crippen molar-refractivity contribution in [1.29, 1.82) is 0 Å². The van der Waals surface area contributed by atoms with Crippen LogP contribution < -0.4 is 5.32 Å². The fourth-order valence-electron chi connectivity index (χ4n) is 1.52. The van der Waals surface area contributed by atoms with E-state index in [-0.39, 0.29) is 12.0 Å². The highest BCUT2D eigenvalue weighted by Crippen LogP contribution is 2.11. The van der Waals surface area contributed by atoms with Crippen LogP contribution in [-0.2, 0) is 16.0 Å². The molecule has 1 aromatic rings. The monoisotopic (exact) mass is 254 g/mol. The highest BCUT2D eigenvalue weighted by atomic mass is 16.7. The Bertz CT molecular complexity index is 363. The van der Waals surface area contributed by atoms with E-state index in [0.29, 0.717) is 6.54 Å². The van der Waals surface area contributed by atoms with Gasteiger partial charge >= 0.3 is 0 Å². The van der Waals surface area contributed by atoms with Crippen LogP contribution in [0.1, 0.15) is 12.0 Å². The molecule has 0 unspecified atom stereocenters. The van der Waals surface area contributed by atoms with Gasteiger partial charge in [0, 0.05) is 45.9 Å². The Morgan fingerprint density at radius 2 is 1.89 bits per heavy atom. The number of hydrogen-bond donors (Lipinski definition) is 1. The number of nitrogens with zero attached hydrogens (tertiary/aromatic N) is 1. The van der Waals surface area contributed by atoms with Gasteiger partial charge in [-0.25, -0.2) is 0 Å². The molecule has 0 spiro atoms. The summed E-state index contributed by atoms with van der Waals surface area (Å²) in [4.78, 5) is 10.1. The predicted molar refractivity (Wildman–Crippen MR) is 67.2 cm³/mol. The molecule has 18 heavy (non-hydrogen) atoms. The molecule has 0 fully saturated rings. The maximum atomic E-state index is 10.5. The summed E-state index contributed by atoms with van der Waals surface area (Å²) in [7, 11) is 3.20. The third-order valence-corrected chi connectivity index (χ3v) is 2.56. The van der Waals surface area contributed by atoms with Crippen molar-refractivity contribution in [3.63, 3.8) is 0 Å². The molecular formula is C12H18N2O4. The molecule has 0 radical (unpaired) electrons. The average molecular weight is 254 g/mol. The summed E-state index contributed by atoms with van der Waals surface area (Å²) in [5, 5.41) is 13.7. The molecular weight excluding hydrogens is 236 g/mol. The SMILES string of the molecule is COC(CCNCc1ccc([N+](=O)[O-])cc1)OC. The van der Waals surface area contributed by atoms with Gasteiger partial charge in [0.25, 0.3) is 5.69 Å². The molecule has 0 amide bonds. The first-order valence-corrected chi connectivity index (χ1v) is 5.67. The van der Waals surface area contributed by atoms with E-state index in [9.17, 15) is 10.1 Å². The third kappa shape index (κ3) is 4.79. The quantitative estimate of drug-likeness (QED) is 0.331. The van der Waals surface area contributed by atoms with E-state index in [4.69, 9.17) is 9.47 Å². The van der Waals surface area contributed by atoms with Crippen LogP contribution in [0.25, 0.3) is 0 Å². The van der Waals surface area contributed by atoms with Gasteiger partial charge in [-0.05, 0) is 5.56 Å². The van der Waals surface area contributed by atoms with E-state index in [1.807, 2.05) is 0 Å². The number of nitro groups is 1. The summed E-state index contributed by atoms with van der Waals surface area (Å²) >= 11 is 0. The topological polar surface area (TPSA) is 73.6 Å². The largest absolute Gasteiger partial charge is 0.356 e. The number of non-ortho nitro benzene ring substituents is 1. The standard InChI is InChI=1S/C12H18N2O4/c1-17-12(18-2)7-8-13-9-10-3-5-11(6-4-10)14(15)16/h3-6,12-13H,7-9H2,1-2H3. The molecule has 0 atom stereocenters. The molecule has 0 bridgehead atoms. The second-order valence-corrected chi connectivity index (χ2v) is 3.79. The molecule has 0 aliphatic carbocycles. The van der Waals surface area contributed by atoms with Gasteiger partial charge in [0.15, 0.2) is 6.29 Å². The first kappa shape index (κ1) is 14.6. The Morgan fingerprint density at radius 3 is 2.39 bits per heavy atom. The zero-order valence-electron chi connectivity index (χ0n) is 10.6. The minimum atomic E-state index is -0.404. The van der Waals surface area contributed by atoms with Crippen molar-refractivity contribution in [3.05, 3.63) is 39.9 Å². The summed E-state index contributed by atoms with van der Waals surface area (Å²) in [5.41, 5.74) is 1.12. The Morgan fingerprint density at radius 1 is 1.28 bits per heavy atom. The number of hydrogen-bond acceptors (Lipinski definition) is 5. The van der Waals surface area contributed by atoms with Crippen molar-refractivity contribution < 1.29 is 14.4 Å².